The van der Waals surface area contributed by atoms with Gasteiger partial charge >= 0.3 is 11.8 Å². The van der Waals surface area contributed by atoms with Gasteiger partial charge in [-0.05, 0) is 24.6 Å². The topological polar surface area (TPSA) is 95.5 Å². The lowest BCUT2D eigenvalue weighted by molar-refractivity contribution is -0.209. The van der Waals surface area contributed by atoms with Gasteiger partial charge in [0.05, 0.1) is 31.9 Å². The van der Waals surface area contributed by atoms with Crippen LogP contribution in [-0.2, 0) is 28.6 Å². The van der Waals surface area contributed by atoms with E-state index in [9.17, 15) is 9.59 Å². The van der Waals surface area contributed by atoms with Crippen molar-refractivity contribution in [1.82, 2.24) is 5.32 Å². The third-order valence-electron chi connectivity index (χ3n) is 4.55. The Balaban J connectivity index is 1.67. The first kappa shape index (κ1) is 19.8. The van der Waals surface area contributed by atoms with E-state index in [4.69, 9.17) is 14.3 Å². The van der Waals surface area contributed by atoms with Gasteiger partial charge in [-0.2, -0.15) is 0 Å². The van der Waals surface area contributed by atoms with Crippen LogP contribution in [0.1, 0.15) is 24.0 Å². The standard InChI is InChI=1S/C18H21BrN2O6/c1-10-4-11(6-12(19)5-10)14-8-18(25-3,27-21-14)17(23)20-13-7-15(26-9-13)16(22)24-2/h4-6,13,15H,7-9H2,1-3H3,(H,20,23)/t13-,15-,18?/m1/s1. The summed E-state index contributed by atoms with van der Waals surface area (Å²) in [6, 6.07) is 5.51. The number of hydrogen-bond acceptors (Lipinski definition) is 7. The van der Waals surface area contributed by atoms with E-state index in [1.807, 2.05) is 25.1 Å². The van der Waals surface area contributed by atoms with Gasteiger partial charge < -0.3 is 24.4 Å². The lowest BCUT2D eigenvalue weighted by atomic mass is 10.0. The zero-order valence-corrected chi connectivity index (χ0v) is 16.9. The Labute approximate surface area is 165 Å². The predicted molar refractivity (Wildman–Crippen MR) is 99.2 cm³/mol. The Morgan fingerprint density at radius 3 is 2.78 bits per heavy atom. The minimum absolute atomic E-state index is 0.166. The largest absolute Gasteiger partial charge is 0.467 e. The van der Waals surface area contributed by atoms with Crippen molar-refractivity contribution in [2.45, 2.75) is 37.7 Å². The number of amides is 1. The maximum Gasteiger partial charge on any atom is 0.335 e. The Morgan fingerprint density at radius 1 is 1.33 bits per heavy atom. The highest BCUT2D eigenvalue weighted by atomic mass is 79.9. The molecule has 1 unspecified atom stereocenters. The second-order valence-electron chi connectivity index (χ2n) is 6.53. The Morgan fingerprint density at radius 2 is 2.11 bits per heavy atom. The van der Waals surface area contributed by atoms with Gasteiger partial charge in [0, 0.05) is 23.6 Å². The summed E-state index contributed by atoms with van der Waals surface area (Å²) in [5.41, 5.74) is 2.52. The fourth-order valence-corrected chi connectivity index (χ4v) is 3.72. The first-order valence-electron chi connectivity index (χ1n) is 8.45. The quantitative estimate of drug-likeness (QED) is 0.699. The van der Waals surface area contributed by atoms with Crippen molar-refractivity contribution in [2.75, 3.05) is 20.8 Å². The molecule has 1 fully saturated rings. The van der Waals surface area contributed by atoms with Gasteiger partial charge in [0.25, 0.3) is 5.91 Å². The molecule has 1 saturated heterocycles. The number of aryl methyl sites for hydroxylation is 1. The monoisotopic (exact) mass is 440 g/mol. The van der Waals surface area contributed by atoms with Crippen LogP contribution >= 0.6 is 15.9 Å². The number of benzene rings is 1. The third-order valence-corrected chi connectivity index (χ3v) is 5.01. The highest BCUT2D eigenvalue weighted by Gasteiger charge is 2.49. The maximum atomic E-state index is 12.8. The zero-order chi connectivity index (χ0) is 19.6. The fraction of sp³-hybridized carbons (Fsp3) is 0.500. The van der Waals surface area contributed by atoms with Gasteiger partial charge in [0.15, 0.2) is 6.10 Å². The molecule has 0 aromatic heterocycles. The molecule has 9 heteroatoms. The number of oxime groups is 1. The van der Waals surface area contributed by atoms with Crippen LogP contribution in [0.3, 0.4) is 0 Å². The summed E-state index contributed by atoms with van der Waals surface area (Å²) >= 11 is 3.46. The first-order chi connectivity index (χ1) is 12.9. The van der Waals surface area contributed by atoms with E-state index in [0.717, 1.165) is 15.6 Å². The molecule has 2 heterocycles. The maximum absolute atomic E-state index is 12.8. The van der Waals surface area contributed by atoms with E-state index in [1.165, 1.54) is 14.2 Å². The molecule has 1 aromatic carbocycles. The molecule has 1 amide bonds. The van der Waals surface area contributed by atoms with Crippen molar-refractivity contribution in [1.29, 1.82) is 0 Å². The lowest BCUT2D eigenvalue weighted by Crippen LogP contribution is -2.52. The number of rotatable bonds is 5. The molecule has 1 aromatic rings. The van der Waals surface area contributed by atoms with Crippen molar-refractivity contribution in [3.8, 4) is 0 Å². The van der Waals surface area contributed by atoms with Gasteiger partial charge in [-0.15, -0.1) is 0 Å². The molecule has 1 N–H and O–H groups in total. The number of halogens is 1. The number of methoxy groups -OCH3 is 2. The van der Waals surface area contributed by atoms with Gasteiger partial charge in [0.2, 0.25) is 0 Å². The summed E-state index contributed by atoms with van der Waals surface area (Å²) in [7, 11) is 2.69. The number of carbonyl (C=O) groups excluding carboxylic acids is 2. The number of hydrogen-bond donors (Lipinski definition) is 1. The van der Waals surface area contributed by atoms with Gasteiger partial charge in [-0.25, -0.2) is 4.79 Å². The molecule has 27 heavy (non-hydrogen) atoms. The minimum atomic E-state index is -1.55. The lowest BCUT2D eigenvalue weighted by Gasteiger charge is -2.25. The number of nitrogens with one attached hydrogen (secondary N) is 1. The van der Waals surface area contributed by atoms with Crippen molar-refractivity contribution in [2.24, 2.45) is 5.16 Å². The normalized spacial score (nSPS) is 27.0. The summed E-state index contributed by atoms with van der Waals surface area (Å²) in [4.78, 5) is 29.7. The van der Waals surface area contributed by atoms with Gasteiger partial charge in [-0.1, -0.05) is 27.2 Å². The van der Waals surface area contributed by atoms with E-state index < -0.39 is 23.8 Å². The predicted octanol–water partition coefficient (Wildman–Crippen LogP) is 1.67. The molecule has 2 aliphatic heterocycles. The molecule has 3 atom stereocenters. The highest BCUT2D eigenvalue weighted by Crippen LogP contribution is 2.30. The van der Waals surface area contributed by atoms with Crippen LogP contribution in [0.4, 0.5) is 0 Å². The zero-order valence-electron chi connectivity index (χ0n) is 15.3. The van der Waals surface area contributed by atoms with Gasteiger partial charge in [-0.3, -0.25) is 4.79 Å². The van der Waals surface area contributed by atoms with Crippen molar-refractivity contribution in [3.05, 3.63) is 33.8 Å². The van der Waals surface area contributed by atoms with Crippen LogP contribution in [0.5, 0.6) is 0 Å². The molecule has 0 bridgehead atoms. The summed E-state index contributed by atoms with van der Waals surface area (Å²) < 4.78 is 16.3. The second-order valence-corrected chi connectivity index (χ2v) is 7.45. The molecule has 0 radical (unpaired) electrons. The molecule has 0 aliphatic carbocycles. The first-order valence-corrected chi connectivity index (χ1v) is 9.24. The molecule has 8 nitrogen and oxygen atoms in total. The highest BCUT2D eigenvalue weighted by molar-refractivity contribution is 9.10. The van der Waals surface area contributed by atoms with Crippen LogP contribution in [0.15, 0.2) is 27.8 Å². The van der Waals surface area contributed by atoms with Crippen LogP contribution in [-0.4, -0.2) is 56.3 Å². The second kappa shape index (κ2) is 7.95. The van der Waals surface area contributed by atoms with Gasteiger partial charge in [0.1, 0.15) is 0 Å². The number of nitrogens with zero attached hydrogens (tertiary/aromatic N) is 1. The molecular weight excluding hydrogens is 420 g/mol. The van der Waals surface area contributed by atoms with E-state index in [0.29, 0.717) is 12.1 Å². The molecule has 2 aliphatic rings. The van der Waals surface area contributed by atoms with E-state index in [1.54, 1.807) is 0 Å². The van der Waals surface area contributed by atoms with Crippen LogP contribution in [0.2, 0.25) is 0 Å². The molecule has 0 saturated carbocycles. The van der Waals surface area contributed by atoms with Crippen LogP contribution < -0.4 is 5.32 Å². The van der Waals surface area contributed by atoms with E-state index >= 15 is 0 Å². The van der Waals surface area contributed by atoms with Crippen molar-refractivity contribution < 1.29 is 28.6 Å². The van der Waals surface area contributed by atoms with E-state index in [-0.39, 0.29) is 19.1 Å². The van der Waals surface area contributed by atoms with Crippen molar-refractivity contribution >= 4 is 33.5 Å². The summed E-state index contributed by atoms with van der Waals surface area (Å²) in [5.74, 6) is -2.47. The van der Waals surface area contributed by atoms with Crippen LogP contribution in [0.25, 0.3) is 0 Å². The van der Waals surface area contributed by atoms with E-state index in [2.05, 4.69) is 31.1 Å². The molecule has 146 valence electrons. The third kappa shape index (κ3) is 4.15. The Hall–Kier alpha value is -1.97. The number of ether oxygens (including phenoxy) is 3. The number of carbonyl (C=O) groups is 2. The average molecular weight is 441 g/mol. The summed E-state index contributed by atoms with van der Waals surface area (Å²) in [6.07, 6.45) is -0.185. The SMILES string of the molecule is COC(=O)[C@H]1C[C@@H](NC(=O)C2(OC)CC(c3cc(C)cc(Br)c3)=NO2)CO1. The summed E-state index contributed by atoms with van der Waals surface area (Å²) in [6.45, 7) is 2.18. The minimum Gasteiger partial charge on any atom is -0.467 e. The number of esters is 1. The summed E-state index contributed by atoms with van der Waals surface area (Å²) in [5, 5.41) is 6.88. The fourth-order valence-electron chi connectivity index (χ4n) is 3.11. The molecule has 3 rings (SSSR count). The smallest absolute Gasteiger partial charge is 0.335 e. The average Bonchev–Trinajstić information content (AvgIpc) is 3.28. The molecule has 0 spiro atoms. The molecular formula is C18H21BrN2O6. The van der Waals surface area contributed by atoms with Crippen LogP contribution in [0, 0.1) is 6.92 Å². The van der Waals surface area contributed by atoms with Crippen molar-refractivity contribution in [3.63, 3.8) is 0 Å². The Bertz CT molecular complexity index is 763. The Kier molecular flexibility index (Phi) is 5.83.